The van der Waals surface area contributed by atoms with Crippen LogP contribution >= 0.6 is 0 Å². The molecule has 1 atom stereocenters. The van der Waals surface area contributed by atoms with Crippen molar-refractivity contribution in [2.45, 2.75) is 30.9 Å². The fourth-order valence-corrected chi connectivity index (χ4v) is 2.74. The minimum Gasteiger partial charge on any atom is -0.387 e. The van der Waals surface area contributed by atoms with Crippen molar-refractivity contribution in [3.63, 3.8) is 0 Å². The Labute approximate surface area is 124 Å². The zero-order valence-electron chi connectivity index (χ0n) is 12.6. The average molecular weight is 293 g/mol. The summed E-state index contributed by atoms with van der Waals surface area (Å²) in [5.41, 5.74) is 0.954. The fraction of sp³-hybridized carbons (Fsp3) is 0.600. The Hall–Kier alpha value is -1.50. The highest BCUT2D eigenvalue weighted by Crippen LogP contribution is 2.35. The molecule has 0 bridgehead atoms. The normalized spacial score (nSPS) is 18.3. The summed E-state index contributed by atoms with van der Waals surface area (Å²) in [6, 6.07) is 6.06. The first-order valence-electron chi connectivity index (χ1n) is 7.25. The second-order valence-corrected chi connectivity index (χ2v) is 5.97. The summed E-state index contributed by atoms with van der Waals surface area (Å²) in [5.74, 6) is 0. The molecule has 2 rings (SSSR count). The van der Waals surface area contributed by atoms with Crippen molar-refractivity contribution in [1.29, 1.82) is 0 Å². The largest absolute Gasteiger partial charge is 0.387 e. The number of nitro benzene ring substituents is 1. The molecule has 6 heteroatoms. The molecule has 0 spiro atoms. The highest BCUT2D eigenvalue weighted by molar-refractivity contribution is 5.33. The molecule has 0 radical (unpaired) electrons. The molecule has 0 saturated heterocycles. The maximum absolute atomic E-state index is 10.6. The van der Waals surface area contributed by atoms with Crippen molar-refractivity contribution in [1.82, 2.24) is 10.2 Å². The van der Waals surface area contributed by atoms with E-state index in [9.17, 15) is 15.2 Å². The minimum atomic E-state index is -0.648. The molecule has 0 amide bonds. The summed E-state index contributed by atoms with van der Waals surface area (Å²) in [7, 11) is 4.18. The van der Waals surface area contributed by atoms with Crippen molar-refractivity contribution < 1.29 is 10.0 Å². The van der Waals surface area contributed by atoms with Gasteiger partial charge in [-0.05, 0) is 51.1 Å². The molecule has 116 valence electrons. The van der Waals surface area contributed by atoms with Gasteiger partial charge in [0.15, 0.2) is 0 Å². The number of hydrogen-bond acceptors (Lipinski definition) is 5. The third kappa shape index (κ3) is 3.58. The molecule has 1 aromatic rings. The lowest BCUT2D eigenvalue weighted by Gasteiger charge is -2.47. The summed E-state index contributed by atoms with van der Waals surface area (Å²) in [4.78, 5) is 12.4. The molecule has 0 aromatic heterocycles. The van der Waals surface area contributed by atoms with Gasteiger partial charge < -0.3 is 15.3 Å². The van der Waals surface area contributed by atoms with Crippen LogP contribution in [0.1, 0.15) is 30.9 Å². The van der Waals surface area contributed by atoms with E-state index in [4.69, 9.17) is 0 Å². The average Bonchev–Trinajstić information content (AvgIpc) is 2.41. The first-order valence-corrected chi connectivity index (χ1v) is 7.25. The van der Waals surface area contributed by atoms with E-state index in [2.05, 4.69) is 24.3 Å². The zero-order chi connectivity index (χ0) is 15.5. The summed E-state index contributed by atoms with van der Waals surface area (Å²) in [6.45, 7) is 1.30. The van der Waals surface area contributed by atoms with E-state index in [0.29, 0.717) is 12.1 Å². The van der Waals surface area contributed by atoms with Crippen LogP contribution < -0.4 is 5.32 Å². The highest BCUT2D eigenvalue weighted by Gasteiger charge is 2.38. The topological polar surface area (TPSA) is 78.6 Å². The number of hydrogen-bond donors (Lipinski definition) is 2. The van der Waals surface area contributed by atoms with E-state index in [0.717, 1.165) is 6.54 Å². The van der Waals surface area contributed by atoms with Crippen molar-refractivity contribution in [3.05, 3.63) is 39.9 Å². The number of nitrogens with zero attached hydrogens (tertiary/aromatic N) is 2. The van der Waals surface area contributed by atoms with Gasteiger partial charge in [-0.3, -0.25) is 10.1 Å². The van der Waals surface area contributed by atoms with Crippen LogP contribution in [0.3, 0.4) is 0 Å². The van der Waals surface area contributed by atoms with Gasteiger partial charge in [-0.2, -0.15) is 0 Å². The first kappa shape index (κ1) is 15.9. The van der Waals surface area contributed by atoms with Crippen molar-refractivity contribution in [2.24, 2.45) is 0 Å². The zero-order valence-corrected chi connectivity index (χ0v) is 12.6. The van der Waals surface area contributed by atoms with Crippen LogP contribution in [0.5, 0.6) is 0 Å². The highest BCUT2D eigenvalue weighted by atomic mass is 16.6. The van der Waals surface area contributed by atoms with Crippen molar-refractivity contribution in [2.75, 3.05) is 27.2 Å². The number of nitrogens with one attached hydrogen (secondary N) is 1. The second-order valence-electron chi connectivity index (χ2n) is 5.97. The van der Waals surface area contributed by atoms with Crippen LogP contribution in [0.25, 0.3) is 0 Å². The van der Waals surface area contributed by atoms with Gasteiger partial charge in [0.1, 0.15) is 0 Å². The number of likely N-dealkylation sites (N-methyl/N-ethyl adjacent to an activating group) is 1. The Morgan fingerprint density at radius 3 is 2.43 bits per heavy atom. The molecule has 0 heterocycles. The Morgan fingerprint density at radius 1 is 1.38 bits per heavy atom. The molecular formula is C15H23N3O3. The number of benzene rings is 1. The number of rotatable bonds is 7. The molecule has 1 unspecified atom stereocenters. The van der Waals surface area contributed by atoms with E-state index < -0.39 is 11.0 Å². The third-order valence-corrected chi connectivity index (χ3v) is 4.51. The first-order chi connectivity index (χ1) is 9.94. The monoisotopic (exact) mass is 293 g/mol. The quantitative estimate of drug-likeness (QED) is 0.591. The number of non-ortho nitro benzene ring substituents is 1. The molecule has 0 aliphatic heterocycles. The summed E-state index contributed by atoms with van der Waals surface area (Å²) >= 11 is 0. The molecule has 21 heavy (non-hydrogen) atoms. The van der Waals surface area contributed by atoms with E-state index in [1.54, 1.807) is 12.1 Å². The van der Waals surface area contributed by atoms with E-state index >= 15 is 0 Å². The molecule has 1 fully saturated rings. The standard InChI is InChI=1S/C15H23N3O3/c1-17(2)15(8-3-9-15)11-16-10-14(19)12-4-6-13(7-5-12)18(20)21/h4-7,14,16,19H,3,8-11H2,1-2H3. The molecule has 1 aromatic carbocycles. The van der Waals surface area contributed by atoms with Crippen LogP contribution in [0.4, 0.5) is 5.69 Å². The Morgan fingerprint density at radius 2 is 2.00 bits per heavy atom. The van der Waals surface area contributed by atoms with Gasteiger partial charge in [0.2, 0.25) is 0 Å². The SMILES string of the molecule is CN(C)C1(CNCC(O)c2ccc([N+](=O)[O-])cc2)CCC1. The van der Waals surface area contributed by atoms with E-state index in [1.807, 2.05) is 0 Å². The van der Waals surface area contributed by atoms with Crippen molar-refractivity contribution in [3.8, 4) is 0 Å². The summed E-state index contributed by atoms with van der Waals surface area (Å²) < 4.78 is 0. The predicted molar refractivity (Wildman–Crippen MR) is 81.2 cm³/mol. The van der Waals surface area contributed by atoms with Gasteiger partial charge in [0.25, 0.3) is 5.69 Å². The molecule has 1 saturated carbocycles. The van der Waals surface area contributed by atoms with Crippen LogP contribution in [0, 0.1) is 10.1 Å². The fourth-order valence-electron chi connectivity index (χ4n) is 2.74. The lowest BCUT2D eigenvalue weighted by atomic mass is 9.75. The smallest absolute Gasteiger partial charge is 0.269 e. The molecule has 1 aliphatic carbocycles. The molecule has 6 nitrogen and oxygen atoms in total. The van der Waals surface area contributed by atoms with E-state index in [1.165, 1.54) is 31.4 Å². The number of aliphatic hydroxyl groups is 1. The van der Waals surface area contributed by atoms with Gasteiger partial charge >= 0.3 is 0 Å². The van der Waals surface area contributed by atoms with Crippen LogP contribution in [-0.2, 0) is 0 Å². The summed E-state index contributed by atoms with van der Waals surface area (Å²) in [5, 5.41) is 24.0. The molecule has 2 N–H and O–H groups in total. The van der Waals surface area contributed by atoms with Gasteiger partial charge in [0.05, 0.1) is 11.0 Å². The molecular weight excluding hydrogens is 270 g/mol. The lowest BCUT2D eigenvalue weighted by Crippen LogP contribution is -2.56. The van der Waals surface area contributed by atoms with Crippen molar-refractivity contribution >= 4 is 5.69 Å². The maximum atomic E-state index is 10.6. The number of nitro groups is 1. The van der Waals surface area contributed by atoms with Crippen LogP contribution in [-0.4, -0.2) is 47.7 Å². The van der Waals surface area contributed by atoms with E-state index in [-0.39, 0.29) is 11.2 Å². The van der Waals surface area contributed by atoms with Gasteiger partial charge in [-0.15, -0.1) is 0 Å². The molecule has 1 aliphatic rings. The predicted octanol–water partition coefficient (Wildman–Crippen LogP) is 1.70. The number of aliphatic hydroxyl groups excluding tert-OH is 1. The Kier molecular flexibility index (Phi) is 4.92. The summed E-state index contributed by atoms with van der Waals surface area (Å²) in [6.07, 6.45) is 2.97. The van der Waals surface area contributed by atoms with Crippen LogP contribution in [0.15, 0.2) is 24.3 Å². The maximum Gasteiger partial charge on any atom is 0.269 e. The van der Waals surface area contributed by atoms with Gasteiger partial charge in [0, 0.05) is 30.8 Å². The Bertz CT molecular complexity index is 483. The third-order valence-electron chi connectivity index (χ3n) is 4.51. The lowest BCUT2D eigenvalue weighted by molar-refractivity contribution is -0.384. The Balaban J connectivity index is 1.84. The van der Waals surface area contributed by atoms with Gasteiger partial charge in [-0.1, -0.05) is 0 Å². The van der Waals surface area contributed by atoms with Gasteiger partial charge in [-0.25, -0.2) is 0 Å². The minimum absolute atomic E-state index is 0.0416. The second kappa shape index (κ2) is 6.51. The van der Waals surface area contributed by atoms with Crippen LogP contribution in [0.2, 0.25) is 0 Å².